The largest absolute Gasteiger partial charge is 0.359 e. The van der Waals surface area contributed by atoms with Crippen molar-refractivity contribution in [2.24, 2.45) is 5.41 Å². The normalized spacial score (nSPS) is 11.6. The van der Waals surface area contributed by atoms with Gasteiger partial charge in [-0.1, -0.05) is 20.8 Å². The van der Waals surface area contributed by atoms with Crippen LogP contribution >= 0.6 is 15.9 Å². The Morgan fingerprint density at radius 3 is 2.40 bits per heavy atom. The lowest BCUT2D eigenvalue weighted by Crippen LogP contribution is -2.29. The Balaban J connectivity index is 2.83. The molecule has 0 bridgehead atoms. The van der Waals surface area contributed by atoms with Crippen LogP contribution in [0.4, 0.5) is 5.82 Å². The summed E-state index contributed by atoms with van der Waals surface area (Å²) in [7, 11) is 2.08. The first kappa shape index (κ1) is 12.5. The van der Waals surface area contributed by atoms with Crippen LogP contribution in [0.25, 0.3) is 0 Å². The van der Waals surface area contributed by atoms with Crippen LogP contribution in [0.2, 0.25) is 0 Å². The number of pyridine rings is 1. The number of anilines is 1. The molecule has 0 saturated heterocycles. The van der Waals surface area contributed by atoms with Gasteiger partial charge < -0.3 is 4.90 Å². The molecule has 0 saturated carbocycles. The second-order valence-electron chi connectivity index (χ2n) is 5.15. The molecule has 0 aliphatic rings. The zero-order chi connectivity index (χ0) is 11.6. The van der Waals surface area contributed by atoms with Crippen molar-refractivity contribution >= 4 is 21.7 Å². The Hall–Kier alpha value is -0.570. The van der Waals surface area contributed by atoms with Crippen LogP contribution in [-0.2, 0) is 0 Å². The van der Waals surface area contributed by atoms with Crippen molar-refractivity contribution in [2.45, 2.75) is 27.7 Å². The molecule has 1 rings (SSSR count). The number of hydrogen-bond acceptors (Lipinski definition) is 2. The smallest absolute Gasteiger partial charge is 0.128 e. The van der Waals surface area contributed by atoms with Crippen LogP contribution in [0.1, 0.15) is 26.5 Å². The fraction of sp³-hybridized carbons (Fsp3) is 0.583. The van der Waals surface area contributed by atoms with E-state index in [1.165, 1.54) is 0 Å². The lowest BCUT2D eigenvalue weighted by molar-refractivity contribution is 0.417. The Kier molecular flexibility index (Phi) is 3.77. The number of hydrogen-bond donors (Lipinski definition) is 0. The van der Waals surface area contributed by atoms with Gasteiger partial charge in [0.1, 0.15) is 5.82 Å². The molecule has 1 heterocycles. The molecule has 0 aliphatic carbocycles. The van der Waals surface area contributed by atoms with E-state index in [9.17, 15) is 0 Å². The van der Waals surface area contributed by atoms with Crippen molar-refractivity contribution in [1.29, 1.82) is 0 Å². The van der Waals surface area contributed by atoms with E-state index in [2.05, 4.69) is 59.7 Å². The molecule has 0 fully saturated rings. The predicted octanol–water partition coefficient (Wildman–Crippen LogP) is 3.63. The summed E-state index contributed by atoms with van der Waals surface area (Å²) >= 11 is 3.46. The van der Waals surface area contributed by atoms with E-state index in [1.807, 2.05) is 13.0 Å². The monoisotopic (exact) mass is 270 g/mol. The van der Waals surface area contributed by atoms with Crippen molar-refractivity contribution in [2.75, 3.05) is 18.5 Å². The zero-order valence-electron chi connectivity index (χ0n) is 10.1. The molecule has 0 unspecified atom stereocenters. The highest BCUT2D eigenvalue weighted by molar-refractivity contribution is 9.10. The molecule has 0 spiro atoms. The summed E-state index contributed by atoms with van der Waals surface area (Å²) < 4.78 is 1.07. The maximum atomic E-state index is 4.54. The van der Waals surface area contributed by atoms with Crippen molar-refractivity contribution in [3.8, 4) is 0 Å². The minimum atomic E-state index is 0.289. The van der Waals surface area contributed by atoms with E-state index in [0.29, 0.717) is 0 Å². The fourth-order valence-corrected chi connectivity index (χ4v) is 1.76. The maximum absolute atomic E-state index is 4.54. The van der Waals surface area contributed by atoms with Crippen LogP contribution in [-0.4, -0.2) is 18.6 Å². The molecular weight excluding hydrogens is 252 g/mol. The second-order valence-corrected chi connectivity index (χ2v) is 6.01. The number of aryl methyl sites for hydroxylation is 1. The third-order valence-corrected chi connectivity index (χ3v) is 2.95. The summed E-state index contributed by atoms with van der Waals surface area (Å²) in [4.78, 5) is 6.73. The molecule has 15 heavy (non-hydrogen) atoms. The molecule has 0 amide bonds. The molecule has 84 valence electrons. The molecular formula is C12H19BrN2. The van der Waals surface area contributed by atoms with Gasteiger partial charge in [-0.05, 0) is 40.4 Å². The average Bonchev–Trinajstić information content (AvgIpc) is 2.06. The Morgan fingerprint density at radius 1 is 1.33 bits per heavy atom. The number of rotatable bonds is 2. The fourth-order valence-electron chi connectivity index (χ4n) is 1.54. The number of halogens is 1. The SMILES string of the molecule is Cc1nc(N(C)CC(C)(C)C)ccc1Br. The number of nitrogens with zero attached hydrogens (tertiary/aromatic N) is 2. The van der Waals surface area contributed by atoms with Crippen molar-refractivity contribution in [1.82, 2.24) is 4.98 Å². The van der Waals surface area contributed by atoms with Gasteiger partial charge in [-0.2, -0.15) is 0 Å². The van der Waals surface area contributed by atoms with Gasteiger partial charge in [0.2, 0.25) is 0 Å². The van der Waals surface area contributed by atoms with E-state index in [1.54, 1.807) is 0 Å². The first-order chi connectivity index (χ1) is 6.79. The van der Waals surface area contributed by atoms with Gasteiger partial charge in [-0.3, -0.25) is 0 Å². The summed E-state index contributed by atoms with van der Waals surface area (Å²) in [6.07, 6.45) is 0. The highest BCUT2D eigenvalue weighted by Crippen LogP contribution is 2.21. The zero-order valence-corrected chi connectivity index (χ0v) is 11.7. The molecule has 0 aliphatic heterocycles. The van der Waals surface area contributed by atoms with E-state index in [-0.39, 0.29) is 5.41 Å². The van der Waals surface area contributed by atoms with Gasteiger partial charge in [-0.15, -0.1) is 0 Å². The highest BCUT2D eigenvalue weighted by Gasteiger charge is 2.14. The lowest BCUT2D eigenvalue weighted by Gasteiger charge is -2.27. The summed E-state index contributed by atoms with van der Waals surface area (Å²) in [6, 6.07) is 4.10. The first-order valence-corrected chi connectivity index (χ1v) is 5.93. The minimum Gasteiger partial charge on any atom is -0.359 e. The molecule has 0 N–H and O–H groups in total. The van der Waals surface area contributed by atoms with Crippen LogP contribution in [0.3, 0.4) is 0 Å². The minimum absolute atomic E-state index is 0.289. The first-order valence-electron chi connectivity index (χ1n) is 5.14. The van der Waals surface area contributed by atoms with Gasteiger partial charge in [0, 0.05) is 18.1 Å². The Labute approximate surface area is 101 Å². The summed E-state index contributed by atoms with van der Waals surface area (Å²) in [5.74, 6) is 1.03. The third kappa shape index (κ3) is 3.82. The molecule has 0 radical (unpaired) electrons. The van der Waals surface area contributed by atoms with Crippen LogP contribution in [0.15, 0.2) is 16.6 Å². The van der Waals surface area contributed by atoms with Gasteiger partial charge >= 0.3 is 0 Å². The van der Waals surface area contributed by atoms with Crippen molar-refractivity contribution < 1.29 is 0 Å². The second kappa shape index (κ2) is 4.52. The maximum Gasteiger partial charge on any atom is 0.128 e. The summed E-state index contributed by atoms with van der Waals surface area (Å²) in [6.45, 7) is 9.71. The summed E-state index contributed by atoms with van der Waals surface area (Å²) in [5, 5.41) is 0. The molecule has 2 nitrogen and oxygen atoms in total. The van der Waals surface area contributed by atoms with Gasteiger partial charge in [0.05, 0.1) is 5.69 Å². The van der Waals surface area contributed by atoms with Gasteiger partial charge in [0.15, 0.2) is 0 Å². The average molecular weight is 271 g/mol. The van der Waals surface area contributed by atoms with Crippen LogP contribution < -0.4 is 4.90 Å². The molecule has 0 aromatic carbocycles. The van der Waals surface area contributed by atoms with E-state index in [4.69, 9.17) is 0 Å². The molecule has 1 aromatic rings. The highest BCUT2D eigenvalue weighted by atomic mass is 79.9. The quantitative estimate of drug-likeness (QED) is 0.816. The lowest BCUT2D eigenvalue weighted by atomic mass is 9.96. The van der Waals surface area contributed by atoms with Crippen molar-refractivity contribution in [3.05, 3.63) is 22.3 Å². The Bertz CT molecular complexity index is 342. The Morgan fingerprint density at radius 2 is 1.93 bits per heavy atom. The van der Waals surface area contributed by atoms with Crippen LogP contribution in [0, 0.1) is 12.3 Å². The van der Waals surface area contributed by atoms with E-state index >= 15 is 0 Å². The third-order valence-electron chi connectivity index (χ3n) is 2.11. The van der Waals surface area contributed by atoms with E-state index in [0.717, 1.165) is 22.5 Å². The number of aromatic nitrogens is 1. The molecule has 1 aromatic heterocycles. The predicted molar refractivity (Wildman–Crippen MR) is 69.4 cm³/mol. The topological polar surface area (TPSA) is 16.1 Å². The van der Waals surface area contributed by atoms with Gasteiger partial charge in [0.25, 0.3) is 0 Å². The molecule has 3 heteroatoms. The standard InChI is InChI=1S/C12H19BrN2/c1-9-10(13)6-7-11(14-9)15(5)8-12(2,3)4/h6-7H,8H2,1-5H3. The van der Waals surface area contributed by atoms with E-state index < -0.39 is 0 Å². The van der Waals surface area contributed by atoms with Crippen LogP contribution in [0.5, 0.6) is 0 Å². The summed E-state index contributed by atoms with van der Waals surface area (Å²) in [5.41, 5.74) is 1.32. The molecule has 0 atom stereocenters. The van der Waals surface area contributed by atoms with Crippen molar-refractivity contribution in [3.63, 3.8) is 0 Å². The van der Waals surface area contributed by atoms with Gasteiger partial charge in [-0.25, -0.2) is 4.98 Å².